The molecule has 0 unspecified atom stereocenters. The lowest BCUT2D eigenvalue weighted by molar-refractivity contribution is -0.121. The Morgan fingerprint density at radius 2 is 1.77 bits per heavy atom. The number of aromatic nitrogens is 2. The van der Waals surface area contributed by atoms with Crippen LogP contribution in [0.15, 0.2) is 27.8 Å². The minimum absolute atomic E-state index is 0.0491. The smallest absolute Gasteiger partial charge is 0.277 e. The molecule has 1 aliphatic rings. The average molecular weight is 374 g/mol. The highest BCUT2D eigenvalue weighted by Crippen LogP contribution is 2.27. The molecular formula is C20H27N3O2S. The summed E-state index contributed by atoms with van der Waals surface area (Å²) in [6.07, 6.45) is 7.13. The molecule has 1 amide bonds. The Balaban J connectivity index is 1.60. The largest absolute Gasteiger partial charge is 0.411 e. The molecule has 3 rings (SSSR count). The SMILES string of the molecule is Cc1cc(C)cc(-c2nnc(S[C@@H](C)C(=O)NC3CCCCCC3)o2)c1. The third kappa shape index (κ3) is 5.10. The van der Waals surface area contributed by atoms with E-state index in [4.69, 9.17) is 4.42 Å². The second-order valence-corrected chi connectivity index (χ2v) is 8.50. The molecule has 0 spiro atoms. The first-order valence-corrected chi connectivity index (χ1v) is 10.3. The molecule has 1 heterocycles. The van der Waals surface area contributed by atoms with Gasteiger partial charge >= 0.3 is 0 Å². The lowest BCUT2D eigenvalue weighted by Gasteiger charge is -2.18. The fourth-order valence-electron chi connectivity index (χ4n) is 3.42. The normalized spacial score (nSPS) is 16.9. The first-order valence-electron chi connectivity index (χ1n) is 9.40. The van der Waals surface area contributed by atoms with Gasteiger partial charge in [-0.3, -0.25) is 4.79 Å². The molecule has 1 fully saturated rings. The third-order valence-electron chi connectivity index (χ3n) is 4.72. The van der Waals surface area contributed by atoms with Gasteiger partial charge in [-0.1, -0.05) is 54.6 Å². The van der Waals surface area contributed by atoms with Crippen LogP contribution in [0.5, 0.6) is 0 Å². The van der Waals surface area contributed by atoms with Crippen molar-refractivity contribution in [1.29, 1.82) is 0 Å². The van der Waals surface area contributed by atoms with E-state index in [1.807, 2.05) is 32.9 Å². The molecule has 6 heteroatoms. The van der Waals surface area contributed by atoms with Crippen molar-refractivity contribution in [3.63, 3.8) is 0 Å². The summed E-state index contributed by atoms with van der Waals surface area (Å²) in [6, 6.07) is 6.46. The van der Waals surface area contributed by atoms with E-state index in [2.05, 4.69) is 21.6 Å². The number of rotatable bonds is 5. The van der Waals surface area contributed by atoms with Crippen LogP contribution < -0.4 is 5.32 Å². The van der Waals surface area contributed by atoms with Gasteiger partial charge in [-0.2, -0.15) is 0 Å². The van der Waals surface area contributed by atoms with E-state index in [1.165, 1.54) is 37.4 Å². The Kier molecular flexibility index (Phi) is 6.35. The number of carbonyl (C=O) groups is 1. The van der Waals surface area contributed by atoms with Crippen molar-refractivity contribution in [3.8, 4) is 11.5 Å². The molecule has 1 atom stereocenters. The molecule has 5 nitrogen and oxygen atoms in total. The predicted octanol–water partition coefficient (Wildman–Crippen LogP) is 4.67. The maximum Gasteiger partial charge on any atom is 0.277 e. The van der Waals surface area contributed by atoms with Gasteiger partial charge in [0.05, 0.1) is 5.25 Å². The number of thioether (sulfide) groups is 1. The quantitative estimate of drug-likeness (QED) is 0.609. The van der Waals surface area contributed by atoms with E-state index in [-0.39, 0.29) is 11.2 Å². The van der Waals surface area contributed by atoms with Crippen molar-refractivity contribution in [3.05, 3.63) is 29.3 Å². The van der Waals surface area contributed by atoms with Gasteiger partial charge < -0.3 is 9.73 Å². The van der Waals surface area contributed by atoms with E-state index in [1.54, 1.807) is 0 Å². The van der Waals surface area contributed by atoms with Crippen LogP contribution in [-0.4, -0.2) is 27.4 Å². The van der Waals surface area contributed by atoms with Crippen molar-refractivity contribution in [2.24, 2.45) is 0 Å². The molecule has 26 heavy (non-hydrogen) atoms. The number of carbonyl (C=O) groups excluding carboxylic acids is 1. The Labute approximate surface area is 159 Å². The van der Waals surface area contributed by atoms with Gasteiger partial charge in [0, 0.05) is 11.6 Å². The number of amides is 1. The molecule has 0 radical (unpaired) electrons. The zero-order valence-corrected chi connectivity index (χ0v) is 16.6. The predicted molar refractivity (Wildman–Crippen MR) is 104 cm³/mol. The minimum atomic E-state index is -0.259. The molecule has 0 saturated heterocycles. The van der Waals surface area contributed by atoms with Crippen molar-refractivity contribution < 1.29 is 9.21 Å². The van der Waals surface area contributed by atoms with Gasteiger partial charge in [0.1, 0.15) is 0 Å². The van der Waals surface area contributed by atoms with Crippen LogP contribution in [0.4, 0.5) is 0 Å². The molecule has 140 valence electrons. The Morgan fingerprint density at radius 1 is 1.12 bits per heavy atom. The first kappa shape index (κ1) is 19.0. The zero-order chi connectivity index (χ0) is 18.5. The molecule has 1 saturated carbocycles. The van der Waals surface area contributed by atoms with Crippen molar-refractivity contribution >= 4 is 17.7 Å². The van der Waals surface area contributed by atoms with Gasteiger partial charge in [0.15, 0.2) is 0 Å². The zero-order valence-electron chi connectivity index (χ0n) is 15.7. The number of nitrogens with one attached hydrogen (secondary N) is 1. The second-order valence-electron chi connectivity index (χ2n) is 7.21. The molecular weight excluding hydrogens is 346 g/mol. The van der Waals surface area contributed by atoms with Crippen LogP contribution >= 0.6 is 11.8 Å². The van der Waals surface area contributed by atoms with Crippen molar-refractivity contribution in [2.75, 3.05) is 0 Å². The minimum Gasteiger partial charge on any atom is -0.411 e. The van der Waals surface area contributed by atoms with Gasteiger partial charge in [0.2, 0.25) is 11.8 Å². The summed E-state index contributed by atoms with van der Waals surface area (Å²) in [5.74, 6) is 0.545. The summed E-state index contributed by atoms with van der Waals surface area (Å²) in [5, 5.41) is 11.6. The maximum absolute atomic E-state index is 12.5. The van der Waals surface area contributed by atoms with Crippen LogP contribution in [0.3, 0.4) is 0 Å². The van der Waals surface area contributed by atoms with Crippen LogP contribution in [0.1, 0.15) is 56.6 Å². The number of nitrogens with zero attached hydrogens (tertiary/aromatic N) is 2. The molecule has 2 aromatic rings. The summed E-state index contributed by atoms with van der Waals surface area (Å²) in [7, 11) is 0. The summed E-state index contributed by atoms with van der Waals surface area (Å²) in [6.45, 7) is 5.97. The molecule has 1 aromatic heterocycles. The molecule has 1 N–H and O–H groups in total. The summed E-state index contributed by atoms with van der Waals surface area (Å²) < 4.78 is 5.77. The Bertz CT molecular complexity index is 731. The van der Waals surface area contributed by atoms with E-state index >= 15 is 0 Å². The first-order chi connectivity index (χ1) is 12.5. The average Bonchev–Trinajstić information content (AvgIpc) is 2.90. The van der Waals surface area contributed by atoms with Crippen LogP contribution in [-0.2, 0) is 4.79 Å². The van der Waals surface area contributed by atoms with Gasteiger partial charge in [-0.05, 0) is 45.7 Å². The third-order valence-corrected chi connectivity index (χ3v) is 5.66. The molecule has 1 aromatic carbocycles. The number of hydrogen-bond donors (Lipinski definition) is 1. The lowest BCUT2D eigenvalue weighted by Crippen LogP contribution is -2.39. The maximum atomic E-state index is 12.5. The monoisotopic (exact) mass is 373 g/mol. The van der Waals surface area contributed by atoms with E-state index in [0.29, 0.717) is 17.2 Å². The van der Waals surface area contributed by atoms with Gasteiger partial charge in [0.25, 0.3) is 5.22 Å². The highest BCUT2D eigenvalue weighted by molar-refractivity contribution is 8.00. The second kappa shape index (κ2) is 8.71. The lowest BCUT2D eigenvalue weighted by atomic mass is 10.1. The summed E-state index contributed by atoms with van der Waals surface area (Å²) in [4.78, 5) is 12.5. The highest BCUT2D eigenvalue weighted by Gasteiger charge is 2.22. The van der Waals surface area contributed by atoms with Gasteiger partial charge in [-0.25, -0.2) is 0 Å². The van der Waals surface area contributed by atoms with E-state index in [9.17, 15) is 4.79 Å². The summed E-state index contributed by atoms with van der Waals surface area (Å²) in [5.41, 5.74) is 3.23. The highest BCUT2D eigenvalue weighted by atomic mass is 32.2. The Hall–Kier alpha value is -1.82. The van der Waals surface area contributed by atoms with Gasteiger partial charge in [-0.15, -0.1) is 10.2 Å². The summed E-state index contributed by atoms with van der Waals surface area (Å²) >= 11 is 1.32. The fourth-order valence-corrected chi connectivity index (χ4v) is 4.11. The topological polar surface area (TPSA) is 68.0 Å². The number of benzene rings is 1. The van der Waals surface area contributed by atoms with Crippen LogP contribution in [0.2, 0.25) is 0 Å². The number of hydrogen-bond acceptors (Lipinski definition) is 5. The van der Waals surface area contributed by atoms with E-state index < -0.39 is 0 Å². The van der Waals surface area contributed by atoms with Crippen molar-refractivity contribution in [1.82, 2.24) is 15.5 Å². The van der Waals surface area contributed by atoms with Crippen LogP contribution in [0.25, 0.3) is 11.5 Å². The molecule has 0 bridgehead atoms. The van der Waals surface area contributed by atoms with Crippen LogP contribution in [0, 0.1) is 13.8 Å². The van der Waals surface area contributed by atoms with E-state index in [0.717, 1.165) is 29.5 Å². The number of aryl methyl sites for hydroxylation is 2. The standard InChI is InChI=1S/C20H27N3O2S/c1-13-10-14(2)12-16(11-13)19-22-23-20(25-19)26-15(3)18(24)21-17-8-6-4-5-7-9-17/h10-12,15,17H,4-9H2,1-3H3,(H,21,24)/t15-/m0/s1. The van der Waals surface area contributed by atoms with Crippen molar-refractivity contribution in [2.45, 2.75) is 75.8 Å². The fraction of sp³-hybridized carbons (Fsp3) is 0.550. The molecule has 1 aliphatic carbocycles. The Morgan fingerprint density at radius 3 is 2.42 bits per heavy atom. The molecule has 0 aliphatic heterocycles.